The fourth-order valence-corrected chi connectivity index (χ4v) is 2.37. The molecule has 0 saturated carbocycles. The van der Waals surface area contributed by atoms with Crippen LogP contribution in [0.5, 0.6) is 0 Å². The number of carbonyl (C=O) groups is 1. The molecule has 0 bridgehead atoms. The number of aryl methyl sites for hydroxylation is 1. The number of benzene rings is 1. The zero-order valence-electron chi connectivity index (χ0n) is 12.2. The second-order valence-corrected chi connectivity index (χ2v) is 5.45. The van der Waals surface area contributed by atoms with Gasteiger partial charge in [-0.2, -0.15) is 11.8 Å². The van der Waals surface area contributed by atoms with Gasteiger partial charge < -0.3 is 15.2 Å². The number of nitrogens with zero attached hydrogens (tertiary/aromatic N) is 1. The summed E-state index contributed by atoms with van der Waals surface area (Å²) < 4.78 is 5.11. The number of amides is 2. The second-order valence-electron chi connectivity index (χ2n) is 4.58. The van der Waals surface area contributed by atoms with Crippen LogP contribution in [0, 0.1) is 0 Å². The van der Waals surface area contributed by atoms with Crippen molar-refractivity contribution in [3.63, 3.8) is 0 Å². The minimum absolute atomic E-state index is 0.259. The molecule has 2 rings (SSSR count). The molecule has 5 nitrogen and oxygen atoms in total. The van der Waals surface area contributed by atoms with Crippen molar-refractivity contribution in [1.82, 2.24) is 10.5 Å². The van der Waals surface area contributed by atoms with Gasteiger partial charge in [0.05, 0.1) is 12.2 Å². The molecular formula is C15H19N3O2S. The van der Waals surface area contributed by atoms with Crippen LogP contribution >= 0.6 is 11.8 Å². The van der Waals surface area contributed by atoms with Crippen molar-refractivity contribution in [2.45, 2.75) is 25.6 Å². The Balaban J connectivity index is 1.85. The predicted molar refractivity (Wildman–Crippen MR) is 85.4 cm³/mol. The van der Waals surface area contributed by atoms with E-state index in [-0.39, 0.29) is 6.03 Å². The van der Waals surface area contributed by atoms with Crippen LogP contribution in [0.25, 0.3) is 0 Å². The summed E-state index contributed by atoms with van der Waals surface area (Å²) in [5, 5.41) is 9.44. The molecule has 0 fully saturated rings. The first kappa shape index (κ1) is 15.4. The van der Waals surface area contributed by atoms with Crippen molar-refractivity contribution >= 4 is 23.5 Å². The van der Waals surface area contributed by atoms with Crippen LogP contribution in [-0.4, -0.2) is 17.4 Å². The van der Waals surface area contributed by atoms with Crippen LogP contribution in [0.3, 0.4) is 0 Å². The Morgan fingerprint density at radius 1 is 1.38 bits per heavy atom. The molecule has 6 heteroatoms. The Morgan fingerprint density at radius 2 is 2.24 bits per heavy atom. The summed E-state index contributed by atoms with van der Waals surface area (Å²) in [6.07, 6.45) is 2.87. The second kappa shape index (κ2) is 7.73. The third kappa shape index (κ3) is 4.82. The lowest BCUT2D eigenvalue weighted by Crippen LogP contribution is -2.28. The van der Waals surface area contributed by atoms with E-state index in [9.17, 15) is 4.79 Å². The topological polar surface area (TPSA) is 67.2 Å². The van der Waals surface area contributed by atoms with Crippen LogP contribution in [0.1, 0.15) is 23.9 Å². The van der Waals surface area contributed by atoms with Gasteiger partial charge in [-0.3, -0.25) is 0 Å². The summed E-state index contributed by atoms with van der Waals surface area (Å²) in [5.74, 6) is 1.58. The number of rotatable bonds is 6. The largest absolute Gasteiger partial charge is 0.359 e. The molecule has 0 spiro atoms. The van der Waals surface area contributed by atoms with Gasteiger partial charge >= 0.3 is 6.03 Å². The minimum Gasteiger partial charge on any atom is -0.359 e. The molecule has 2 aromatic rings. The molecule has 0 aliphatic heterocycles. The predicted octanol–water partition coefficient (Wildman–Crippen LogP) is 3.42. The first-order valence-corrected chi connectivity index (χ1v) is 8.18. The van der Waals surface area contributed by atoms with Crippen molar-refractivity contribution in [1.29, 1.82) is 0 Å². The number of urea groups is 1. The monoisotopic (exact) mass is 305 g/mol. The molecule has 0 unspecified atom stereocenters. The Hall–Kier alpha value is -1.95. The summed E-state index contributed by atoms with van der Waals surface area (Å²) in [4.78, 5) is 11.8. The Labute approximate surface area is 128 Å². The van der Waals surface area contributed by atoms with Gasteiger partial charge in [-0.15, -0.1) is 0 Å². The third-order valence-corrected chi connectivity index (χ3v) is 3.51. The van der Waals surface area contributed by atoms with E-state index in [2.05, 4.69) is 22.0 Å². The van der Waals surface area contributed by atoms with Gasteiger partial charge in [0.15, 0.2) is 5.76 Å². The molecule has 2 N–H and O–H groups in total. The SMILES string of the molecule is CCc1cc(CNC(=O)Nc2cccc(CSC)c2)on1. The van der Waals surface area contributed by atoms with Crippen molar-refractivity contribution in [3.8, 4) is 0 Å². The highest BCUT2D eigenvalue weighted by Crippen LogP contribution is 2.14. The fourth-order valence-electron chi connectivity index (χ4n) is 1.85. The third-order valence-electron chi connectivity index (χ3n) is 2.89. The van der Waals surface area contributed by atoms with E-state index < -0.39 is 0 Å². The smallest absolute Gasteiger partial charge is 0.319 e. The maximum Gasteiger partial charge on any atom is 0.319 e. The number of aromatic nitrogens is 1. The summed E-state index contributed by atoms with van der Waals surface area (Å²) in [6.45, 7) is 2.33. The lowest BCUT2D eigenvalue weighted by Gasteiger charge is -2.07. The summed E-state index contributed by atoms with van der Waals surface area (Å²) in [7, 11) is 0. The van der Waals surface area contributed by atoms with Gasteiger partial charge in [0.2, 0.25) is 0 Å². The molecule has 2 amide bonds. The van der Waals surface area contributed by atoms with Crippen LogP contribution in [0.15, 0.2) is 34.9 Å². The fraction of sp³-hybridized carbons (Fsp3) is 0.333. The lowest BCUT2D eigenvalue weighted by molar-refractivity contribution is 0.250. The van der Waals surface area contributed by atoms with E-state index in [1.807, 2.05) is 37.3 Å². The highest BCUT2D eigenvalue weighted by molar-refractivity contribution is 7.97. The van der Waals surface area contributed by atoms with E-state index >= 15 is 0 Å². The molecule has 112 valence electrons. The van der Waals surface area contributed by atoms with Crippen molar-refractivity contribution < 1.29 is 9.32 Å². The molecule has 21 heavy (non-hydrogen) atoms. The summed E-state index contributed by atoms with van der Waals surface area (Å²) in [5.41, 5.74) is 2.85. The van der Waals surface area contributed by atoms with E-state index in [0.29, 0.717) is 12.3 Å². The summed E-state index contributed by atoms with van der Waals surface area (Å²) >= 11 is 1.75. The van der Waals surface area contributed by atoms with E-state index in [1.165, 1.54) is 5.56 Å². The van der Waals surface area contributed by atoms with Crippen LogP contribution in [-0.2, 0) is 18.7 Å². The molecular weight excluding hydrogens is 286 g/mol. The highest BCUT2D eigenvalue weighted by Gasteiger charge is 2.06. The molecule has 1 aromatic carbocycles. The van der Waals surface area contributed by atoms with Gasteiger partial charge in [0.1, 0.15) is 0 Å². The highest BCUT2D eigenvalue weighted by atomic mass is 32.2. The summed E-state index contributed by atoms with van der Waals surface area (Å²) in [6, 6.07) is 9.41. The van der Waals surface area contributed by atoms with Crippen molar-refractivity contribution in [3.05, 3.63) is 47.3 Å². The number of thioether (sulfide) groups is 1. The minimum atomic E-state index is -0.259. The lowest BCUT2D eigenvalue weighted by atomic mass is 10.2. The van der Waals surface area contributed by atoms with Crippen molar-refractivity contribution in [2.24, 2.45) is 0 Å². The first-order valence-electron chi connectivity index (χ1n) is 6.78. The number of anilines is 1. The van der Waals surface area contributed by atoms with Crippen molar-refractivity contribution in [2.75, 3.05) is 11.6 Å². The van der Waals surface area contributed by atoms with Crippen LogP contribution < -0.4 is 10.6 Å². The number of carbonyl (C=O) groups excluding carboxylic acids is 1. The van der Waals surface area contributed by atoms with Crippen LogP contribution in [0.4, 0.5) is 10.5 Å². The molecule has 1 heterocycles. The molecule has 1 aromatic heterocycles. The molecule has 0 atom stereocenters. The zero-order valence-corrected chi connectivity index (χ0v) is 13.0. The molecule has 0 radical (unpaired) electrons. The molecule has 0 aliphatic carbocycles. The maximum atomic E-state index is 11.8. The van der Waals surface area contributed by atoms with E-state index in [1.54, 1.807) is 11.8 Å². The Kier molecular flexibility index (Phi) is 5.68. The maximum absolute atomic E-state index is 11.8. The van der Waals surface area contributed by atoms with Gasteiger partial charge in [0.25, 0.3) is 0 Å². The number of hydrogen-bond acceptors (Lipinski definition) is 4. The van der Waals surface area contributed by atoms with Crippen LogP contribution in [0.2, 0.25) is 0 Å². The normalized spacial score (nSPS) is 10.4. The average molecular weight is 305 g/mol. The Morgan fingerprint density at radius 3 is 2.95 bits per heavy atom. The zero-order chi connectivity index (χ0) is 15.1. The standard InChI is InChI=1S/C15H19N3O2S/c1-3-12-8-14(20-18-12)9-16-15(19)17-13-6-4-5-11(7-13)10-21-2/h4-8H,3,9-10H2,1-2H3,(H2,16,17,19). The molecule has 0 saturated heterocycles. The first-order chi connectivity index (χ1) is 10.2. The van der Waals surface area contributed by atoms with E-state index in [0.717, 1.165) is 23.6 Å². The Bertz CT molecular complexity index is 598. The van der Waals surface area contributed by atoms with Gasteiger partial charge in [-0.25, -0.2) is 4.79 Å². The molecule has 0 aliphatic rings. The van der Waals surface area contributed by atoms with E-state index in [4.69, 9.17) is 4.52 Å². The number of hydrogen-bond donors (Lipinski definition) is 2. The number of nitrogens with one attached hydrogen (secondary N) is 2. The average Bonchev–Trinajstić information content (AvgIpc) is 2.94. The van der Waals surface area contributed by atoms with Gasteiger partial charge in [-0.05, 0) is 30.4 Å². The quantitative estimate of drug-likeness (QED) is 0.858. The van der Waals surface area contributed by atoms with Gasteiger partial charge in [-0.1, -0.05) is 24.2 Å². The van der Waals surface area contributed by atoms with Gasteiger partial charge in [0, 0.05) is 17.5 Å².